The van der Waals surface area contributed by atoms with E-state index in [2.05, 4.69) is 10.6 Å². The Morgan fingerprint density at radius 3 is 2.03 bits per heavy atom. The van der Waals surface area contributed by atoms with Crippen LogP contribution in [0.1, 0.15) is 26.3 Å². The largest absolute Gasteiger partial charge is 0.496 e. The van der Waals surface area contributed by atoms with E-state index in [0.717, 1.165) is 5.56 Å². The zero-order chi connectivity index (χ0) is 20.6. The summed E-state index contributed by atoms with van der Waals surface area (Å²) in [4.78, 5) is 25.4. The Bertz CT molecular complexity index is 1020. The van der Waals surface area contributed by atoms with E-state index >= 15 is 0 Å². The predicted molar refractivity (Wildman–Crippen MR) is 112 cm³/mol. The van der Waals surface area contributed by atoms with Gasteiger partial charge in [-0.25, -0.2) is 0 Å². The maximum Gasteiger partial charge on any atom is 0.259 e. The van der Waals surface area contributed by atoms with Crippen LogP contribution < -0.4 is 20.1 Å². The Hall–Kier alpha value is -3.80. The molecule has 0 saturated carbocycles. The second kappa shape index (κ2) is 9.41. The van der Waals surface area contributed by atoms with Gasteiger partial charge in [0.25, 0.3) is 11.8 Å². The molecule has 6 nitrogen and oxygen atoms in total. The lowest BCUT2D eigenvalue weighted by Gasteiger charge is -2.13. The zero-order valence-corrected chi connectivity index (χ0v) is 16.3. The Morgan fingerprint density at radius 1 is 0.724 bits per heavy atom. The standard InChI is InChI=1S/C23H22N2O4/c1-28-20-13-7-3-9-16(20)15-24-22(26)17-10-4-6-12-19(17)25-23(27)18-11-5-8-14-21(18)29-2/h3-14H,15H2,1-2H3,(H,24,26)(H,25,27). The number of ether oxygens (including phenoxy) is 2. The van der Waals surface area contributed by atoms with Crippen molar-refractivity contribution in [2.24, 2.45) is 0 Å². The maximum absolute atomic E-state index is 12.8. The van der Waals surface area contributed by atoms with Gasteiger partial charge in [-0.15, -0.1) is 0 Å². The SMILES string of the molecule is COc1ccccc1CNC(=O)c1ccccc1NC(=O)c1ccccc1OC. The minimum absolute atomic E-state index is 0.299. The van der Waals surface area contributed by atoms with Crippen molar-refractivity contribution >= 4 is 17.5 Å². The number of hydrogen-bond donors (Lipinski definition) is 2. The number of methoxy groups -OCH3 is 2. The highest BCUT2D eigenvalue weighted by molar-refractivity contribution is 6.10. The normalized spacial score (nSPS) is 10.1. The van der Waals surface area contributed by atoms with Crippen LogP contribution in [0.4, 0.5) is 5.69 Å². The van der Waals surface area contributed by atoms with Gasteiger partial charge in [0.15, 0.2) is 0 Å². The van der Waals surface area contributed by atoms with Crippen molar-refractivity contribution in [2.45, 2.75) is 6.54 Å². The van der Waals surface area contributed by atoms with E-state index in [1.54, 1.807) is 55.6 Å². The minimum atomic E-state index is -0.354. The second-order valence-corrected chi connectivity index (χ2v) is 6.19. The third-order valence-corrected chi connectivity index (χ3v) is 4.40. The van der Waals surface area contributed by atoms with Gasteiger partial charge >= 0.3 is 0 Å². The fourth-order valence-electron chi connectivity index (χ4n) is 2.93. The third-order valence-electron chi connectivity index (χ3n) is 4.40. The Morgan fingerprint density at radius 2 is 1.31 bits per heavy atom. The third kappa shape index (κ3) is 4.73. The summed E-state index contributed by atoms with van der Waals surface area (Å²) in [5.74, 6) is 0.507. The molecule has 0 spiro atoms. The number of anilines is 1. The molecule has 0 aliphatic rings. The molecule has 0 aromatic heterocycles. The number of nitrogens with one attached hydrogen (secondary N) is 2. The van der Waals surface area contributed by atoms with Crippen LogP contribution in [0.25, 0.3) is 0 Å². The number of carbonyl (C=O) groups is 2. The van der Waals surface area contributed by atoms with E-state index in [4.69, 9.17) is 9.47 Å². The molecule has 0 atom stereocenters. The fraction of sp³-hybridized carbons (Fsp3) is 0.130. The van der Waals surface area contributed by atoms with Crippen molar-refractivity contribution in [3.8, 4) is 11.5 Å². The highest BCUT2D eigenvalue weighted by Crippen LogP contribution is 2.22. The molecule has 0 aliphatic carbocycles. The Labute approximate surface area is 169 Å². The van der Waals surface area contributed by atoms with Gasteiger partial charge in [-0.05, 0) is 30.3 Å². The minimum Gasteiger partial charge on any atom is -0.496 e. The van der Waals surface area contributed by atoms with E-state index < -0.39 is 0 Å². The summed E-state index contributed by atoms with van der Waals surface area (Å²) >= 11 is 0. The van der Waals surface area contributed by atoms with Crippen LogP contribution in [-0.2, 0) is 6.54 Å². The summed E-state index contributed by atoms with van der Waals surface area (Å²) < 4.78 is 10.5. The van der Waals surface area contributed by atoms with E-state index in [9.17, 15) is 9.59 Å². The molecule has 148 valence electrons. The highest BCUT2D eigenvalue weighted by Gasteiger charge is 2.16. The number of hydrogen-bond acceptors (Lipinski definition) is 4. The molecule has 29 heavy (non-hydrogen) atoms. The topological polar surface area (TPSA) is 76.7 Å². The first kappa shape index (κ1) is 19.9. The van der Waals surface area contributed by atoms with Crippen LogP contribution >= 0.6 is 0 Å². The molecule has 0 bridgehead atoms. The zero-order valence-electron chi connectivity index (χ0n) is 16.3. The summed E-state index contributed by atoms with van der Waals surface area (Å²) in [6, 6.07) is 21.2. The van der Waals surface area contributed by atoms with E-state index in [1.807, 2.05) is 24.3 Å². The van der Waals surface area contributed by atoms with Crippen LogP contribution in [-0.4, -0.2) is 26.0 Å². The lowest BCUT2D eigenvalue weighted by molar-refractivity contribution is 0.0951. The monoisotopic (exact) mass is 390 g/mol. The second-order valence-electron chi connectivity index (χ2n) is 6.19. The first-order chi connectivity index (χ1) is 14.1. The Kier molecular flexibility index (Phi) is 6.47. The van der Waals surface area contributed by atoms with Gasteiger partial charge in [0, 0.05) is 12.1 Å². The van der Waals surface area contributed by atoms with Gasteiger partial charge in [0.1, 0.15) is 11.5 Å². The highest BCUT2D eigenvalue weighted by atomic mass is 16.5. The molecule has 3 rings (SSSR count). The van der Waals surface area contributed by atoms with Crippen LogP contribution in [0.5, 0.6) is 11.5 Å². The summed E-state index contributed by atoms with van der Waals surface area (Å²) in [6.07, 6.45) is 0. The van der Waals surface area contributed by atoms with Crippen molar-refractivity contribution in [1.82, 2.24) is 5.32 Å². The molecule has 2 N–H and O–H groups in total. The van der Waals surface area contributed by atoms with Gasteiger partial charge in [0.2, 0.25) is 0 Å². The van der Waals surface area contributed by atoms with Crippen molar-refractivity contribution in [1.29, 1.82) is 0 Å². The smallest absolute Gasteiger partial charge is 0.259 e. The van der Waals surface area contributed by atoms with Crippen LogP contribution in [0.3, 0.4) is 0 Å². The quantitative estimate of drug-likeness (QED) is 0.642. The fourth-order valence-corrected chi connectivity index (χ4v) is 2.93. The lowest BCUT2D eigenvalue weighted by atomic mass is 10.1. The van der Waals surface area contributed by atoms with Gasteiger partial charge in [0.05, 0.1) is 31.0 Å². The van der Waals surface area contributed by atoms with Crippen LogP contribution in [0.2, 0.25) is 0 Å². The predicted octanol–water partition coefficient (Wildman–Crippen LogP) is 3.89. The average Bonchev–Trinajstić information content (AvgIpc) is 2.77. The summed E-state index contributed by atoms with van der Waals surface area (Å²) in [5.41, 5.74) is 2.03. The summed E-state index contributed by atoms with van der Waals surface area (Å²) in [5, 5.41) is 5.67. The van der Waals surface area contributed by atoms with Crippen molar-refractivity contribution in [3.63, 3.8) is 0 Å². The van der Waals surface area contributed by atoms with Gasteiger partial charge in [-0.1, -0.05) is 42.5 Å². The molecule has 0 saturated heterocycles. The van der Waals surface area contributed by atoms with Crippen molar-refractivity contribution in [3.05, 3.63) is 89.5 Å². The summed E-state index contributed by atoms with van der Waals surface area (Å²) in [7, 11) is 3.09. The average molecular weight is 390 g/mol. The number of benzene rings is 3. The van der Waals surface area contributed by atoms with E-state index in [1.165, 1.54) is 7.11 Å². The van der Waals surface area contributed by atoms with Crippen molar-refractivity contribution < 1.29 is 19.1 Å². The molecular weight excluding hydrogens is 368 g/mol. The molecule has 3 aromatic rings. The molecule has 6 heteroatoms. The summed E-state index contributed by atoms with van der Waals surface area (Å²) in [6.45, 7) is 0.303. The lowest BCUT2D eigenvalue weighted by Crippen LogP contribution is -2.25. The van der Waals surface area contributed by atoms with Gasteiger partial charge in [-0.3, -0.25) is 9.59 Å². The molecule has 3 aromatic carbocycles. The van der Waals surface area contributed by atoms with E-state index in [-0.39, 0.29) is 11.8 Å². The molecule has 0 radical (unpaired) electrons. The molecular formula is C23H22N2O4. The first-order valence-corrected chi connectivity index (χ1v) is 9.07. The number of rotatable bonds is 7. The molecule has 0 aliphatic heterocycles. The Balaban J connectivity index is 1.76. The van der Waals surface area contributed by atoms with Gasteiger partial charge < -0.3 is 20.1 Å². The first-order valence-electron chi connectivity index (χ1n) is 9.07. The number of para-hydroxylation sites is 3. The van der Waals surface area contributed by atoms with Crippen LogP contribution in [0.15, 0.2) is 72.8 Å². The van der Waals surface area contributed by atoms with Crippen molar-refractivity contribution in [2.75, 3.05) is 19.5 Å². The molecule has 0 fully saturated rings. The number of carbonyl (C=O) groups excluding carboxylic acids is 2. The molecule has 0 heterocycles. The maximum atomic E-state index is 12.8. The molecule has 2 amide bonds. The molecule has 0 unspecified atom stereocenters. The van der Waals surface area contributed by atoms with Crippen LogP contribution in [0, 0.1) is 0 Å². The number of amides is 2. The van der Waals surface area contributed by atoms with E-state index in [0.29, 0.717) is 34.9 Å². The van der Waals surface area contributed by atoms with Gasteiger partial charge in [-0.2, -0.15) is 0 Å².